The molecule has 0 fully saturated rings. The number of aliphatic carboxylic acids is 2. The monoisotopic (exact) mass is 852 g/mol. The number of hydrogen-bond acceptors (Lipinski definition) is 16. The zero-order chi connectivity index (χ0) is 44.7. The van der Waals surface area contributed by atoms with Gasteiger partial charge in [-0.15, -0.1) is 0 Å². The maximum Gasteiger partial charge on any atom is 0.326 e. The number of rotatable bonds is 29. The van der Waals surface area contributed by atoms with Crippen molar-refractivity contribution in [1.29, 1.82) is 0 Å². The molecule has 0 aliphatic carbocycles. The van der Waals surface area contributed by atoms with Crippen LogP contribution in [0.4, 0.5) is 0 Å². The second kappa shape index (κ2) is 27.5. The normalized spacial score (nSPS) is 15.6. The fourth-order valence-corrected chi connectivity index (χ4v) is 5.22. The summed E-state index contributed by atoms with van der Waals surface area (Å²) in [5.74, 6) is -11.4. The van der Waals surface area contributed by atoms with Crippen LogP contribution >= 0.6 is 11.8 Å². The minimum Gasteiger partial charge on any atom is -0.481 e. The Morgan fingerprint density at radius 1 is 0.603 bits per heavy atom. The Hall–Kier alpha value is -5.15. The third-order valence-corrected chi connectivity index (χ3v) is 8.67. The number of nitrogens with one attached hydrogen (secondary N) is 7. The fraction of sp³-hybridized carbons (Fsp3) is 0.688. The maximum atomic E-state index is 13.4. The number of carboxylic acids is 2. The molecule has 0 aromatic heterocycles. The molecule has 0 saturated heterocycles. The van der Waals surface area contributed by atoms with Crippen molar-refractivity contribution in [3.05, 3.63) is 0 Å². The molecule has 0 heterocycles. The first-order chi connectivity index (χ1) is 27.1. The number of nitrogens with two attached hydrogens (primary N) is 3. The lowest BCUT2D eigenvalue weighted by Gasteiger charge is -2.27. The molecule has 9 unspecified atom stereocenters. The van der Waals surface area contributed by atoms with E-state index >= 15 is 0 Å². The van der Waals surface area contributed by atoms with Gasteiger partial charge < -0.3 is 80.0 Å². The van der Waals surface area contributed by atoms with E-state index in [0.717, 1.165) is 13.8 Å². The van der Waals surface area contributed by atoms with Gasteiger partial charge in [0.15, 0.2) is 0 Å². The molecule has 0 aliphatic rings. The Morgan fingerprint density at radius 2 is 1.09 bits per heavy atom. The fourth-order valence-electron chi connectivity index (χ4n) is 4.73. The zero-order valence-electron chi connectivity index (χ0n) is 32.2. The van der Waals surface area contributed by atoms with Crippen LogP contribution in [0.5, 0.6) is 0 Å². The van der Waals surface area contributed by atoms with Gasteiger partial charge in [0.1, 0.15) is 42.3 Å². The Labute approximate surface area is 337 Å². The lowest BCUT2D eigenvalue weighted by Crippen LogP contribution is -2.62. The van der Waals surface area contributed by atoms with E-state index in [1.165, 1.54) is 11.8 Å². The van der Waals surface area contributed by atoms with Gasteiger partial charge >= 0.3 is 11.9 Å². The predicted molar refractivity (Wildman–Crippen MR) is 203 cm³/mol. The highest BCUT2D eigenvalue weighted by molar-refractivity contribution is 7.98. The first-order valence-electron chi connectivity index (χ1n) is 17.8. The SMILES string of the molecule is CSCCC(N)C(=O)NC(CO)C(=O)NC(C(=O)NC(CO)C(=O)NC(CCCCN)C(=O)NC(CC(N)=O)C(=O)NC(C)C(=O)NC(CC(=O)O)C(=O)O)C(C)O. The van der Waals surface area contributed by atoms with Crippen LogP contribution in [0, 0.1) is 0 Å². The third kappa shape index (κ3) is 19.8. The maximum absolute atomic E-state index is 13.4. The summed E-state index contributed by atoms with van der Waals surface area (Å²) in [7, 11) is 0. The first kappa shape index (κ1) is 52.9. The summed E-state index contributed by atoms with van der Waals surface area (Å²) in [4.78, 5) is 125. The van der Waals surface area contributed by atoms with Crippen molar-refractivity contribution in [1.82, 2.24) is 37.2 Å². The molecular formula is C32H56N10O15S. The highest BCUT2D eigenvalue weighted by atomic mass is 32.2. The lowest BCUT2D eigenvalue weighted by atomic mass is 10.1. The van der Waals surface area contributed by atoms with E-state index in [2.05, 4.69) is 31.9 Å². The number of carbonyl (C=O) groups is 10. The van der Waals surface area contributed by atoms with Crippen molar-refractivity contribution in [2.24, 2.45) is 17.2 Å². The summed E-state index contributed by atoms with van der Waals surface area (Å²) >= 11 is 1.42. The van der Waals surface area contributed by atoms with E-state index in [0.29, 0.717) is 12.2 Å². The molecule has 0 radical (unpaired) electrons. The van der Waals surface area contributed by atoms with Crippen LogP contribution in [0.25, 0.3) is 0 Å². The number of aliphatic hydroxyl groups is 3. The van der Waals surface area contributed by atoms with Gasteiger partial charge in [-0.1, -0.05) is 0 Å². The molecule has 330 valence electrons. The van der Waals surface area contributed by atoms with Crippen LogP contribution in [0.3, 0.4) is 0 Å². The van der Waals surface area contributed by atoms with Crippen molar-refractivity contribution >= 4 is 71.0 Å². The molecule has 0 aromatic rings. The molecule has 25 nitrogen and oxygen atoms in total. The van der Waals surface area contributed by atoms with Crippen LogP contribution in [0.2, 0.25) is 0 Å². The standard InChI is InChI=1S/C32H56N10O15S/c1-14(25(49)39-19(32(56)57)11-23(47)48)36-28(52)18(10-22(35)46)38-27(51)17(6-4-5-8-33)37-29(53)20(12-43)41-31(55)24(15(2)45)42-30(54)21(13-44)40-26(50)16(34)7-9-58-3/h14-21,24,43-45H,4-13,33-34H2,1-3H3,(H2,35,46)(H,36,52)(H,37,53)(H,38,51)(H,39,49)(H,40,50)(H,41,55)(H,42,54)(H,47,48)(H,56,57). The summed E-state index contributed by atoms with van der Waals surface area (Å²) in [6.07, 6.45) is -1.01. The molecule has 8 amide bonds. The summed E-state index contributed by atoms with van der Waals surface area (Å²) in [6.45, 7) is 0.349. The lowest BCUT2D eigenvalue weighted by molar-refractivity contribution is -0.147. The van der Waals surface area contributed by atoms with Crippen molar-refractivity contribution < 1.29 is 73.5 Å². The Morgan fingerprint density at radius 3 is 1.57 bits per heavy atom. The van der Waals surface area contributed by atoms with Gasteiger partial charge in [0.05, 0.1) is 38.2 Å². The van der Waals surface area contributed by atoms with Gasteiger partial charge in [-0.3, -0.25) is 43.2 Å². The minimum atomic E-state index is -1.86. The largest absolute Gasteiger partial charge is 0.481 e. The zero-order valence-corrected chi connectivity index (χ0v) is 33.0. The number of unbranched alkanes of at least 4 members (excludes halogenated alkanes) is 1. The summed E-state index contributed by atoms with van der Waals surface area (Å²) in [5.41, 5.74) is 16.6. The number of carboxylic acid groups (broad SMARTS) is 2. The van der Waals surface area contributed by atoms with E-state index in [9.17, 15) is 68.4 Å². The van der Waals surface area contributed by atoms with Gasteiger partial charge in [0, 0.05) is 0 Å². The molecule has 58 heavy (non-hydrogen) atoms. The topological polar surface area (TPSA) is 434 Å². The average Bonchev–Trinajstić information content (AvgIpc) is 3.14. The molecular weight excluding hydrogens is 796 g/mol. The van der Waals surface area contributed by atoms with Crippen LogP contribution in [-0.2, 0) is 47.9 Å². The van der Waals surface area contributed by atoms with Gasteiger partial charge in [-0.05, 0) is 58.1 Å². The van der Waals surface area contributed by atoms with Crippen LogP contribution in [-0.4, -0.2) is 171 Å². The second-order valence-corrected chi connectivity index (χ2v) is 13.9. The Balaban J connectivity index is 5.99. The minimum absolute atomic E-state index is 0.147. The summed E-state index contributed by atoms with van der Waals surface area (Å²) in [5, 5.41) is 63.1. The van der Waals surface area contributed by atoms with Crippen molar-refractivity contribution in [3.63, 3.8) is 0 Å². The Bertz CT molecular complexity index is 1460. The number of primary amides is 1. The highest BCUT2D eigenvalue weighted by Gasteiger charge is 2.35. The van der Waals surface area contributed by atoms with Gasteiger partial charge in [0.2, 0.25) is 47.3 Å². The van der Waals surface area contributed by atoms with Crippen LogP contribution in [0.15, 0.2) is 0 Å². The molecule has 0 aliphatic heterocycles. The van der Waals surface area contributed by atoms with E-state index in [1.54, 1.807) is 6.26 Å². The summed E-state index contributed by atoms with van der Waals surface area (Å²) < 4.78 is 0. The number of carbonyl (C=O) groups excluding carboxylic acids is 8. The van der Waals surface area contributed by atoms with Gasteiger partial charge in [-0.2, -0.15) is 11.8 Å². The van der Waals surface area contributed by atoms with E-state index < -0.39 is 140 Å². The Kier molecular flexibility index (Phi) is 25.0. The van der Waals surface area contributed by atoms with Crippen molar-refractivity contribution in [2.75, 3.05) is 31.8 Å². The molecule has 9 atom stereocenters. The average molecular weight is 853 g/mol. The van der Waals surface area contributed by atoms with E-state index in [4.69, 9.17) is 22.3 Å². The number of aliphatic hydroxyl groups excluding tert-OH is 3. The van der Waals surface area contributed by atoms with Gasteiger partial charge in [0.25, 0.3) is 0 Å². The smallest absolute Gasteiger partial charge is 0.326 e. The second-order valence-electron chi connectivity index (χ2n) is 12.9. The predicted octanol–water partition coefficient (Wildman–Crippen LogP) is -7.59. The number of thioether (sulfide) groups is 1. The van der Waals surface area contributed by atoms with E-state index in [1.807, 2.05) is 5.32 Å². The quantitative estimate of drug-likeness (QED) is 0.0311. The molecule has 0 saturated carbocycles. The summed E-state index contributed by atoms with van der Waals surface area (Å²) in [6, 6.07) is -12.9. The first-order valence-corrected chi connectivity index (χ1v) is 19.2. The van der Waals surface area contributed by atoms with Crippen molar-refractivity contribution in [2.45, 2.75) is 107 Å². The molecule has 0 bridgehead atoms. The number of amides is 8. The van der Waals surface area contributed by atoms with Crippen LogP contribution in [0.1, 0.15) is 52.4 Å². The molecule has 0 rings (SSSR count). The van der Waals surface area contributed by atoms with E-state index in [-0.39, 0.29) is 25.8 Å². The molecule has 0 aromatic carbocycles. The molecule has 26 heteroatoms. The van der Waals surface area contributed by atoms with Gasteiger partial charge in [-0.25, -0.2) is 4.79 Å². The molecule has 0 spiro atoms. The third-order valence-electron chi connectivity index (χ3n) is 8.03. The molecule has 18 N–H and O–H groups in total. The highest BCUT2D eigenvalue weighted by Crippen LogP contribution is 2.06. The van der Waals surface area contributed by atoms with Crippen LogP contribution < -0.4 is 54.4 Å². The number of hydrogen-bond donors (Lipinski definition) is 15. The van der Waals surface area contributed by atoms with Crippen molar-refractivity contribution in [3.8, 4) is 0 Å².